The van der Waals surface area contributed by atoms with Crippen molar-refractivity contribution in [3.8, 4) is 45.7 Å². The molecule has 2 aliphatic heterocycles. The second-order valence-corrected chi connectivity index (χ2v) is 14.2. The molecule has 0 amide bonds. The highest BCUT2D eigenvalue weighted by molar-refractivity contribution is 5.81. The molecule has 0 radical (unpaired) electrons. The molecule has 4 N–H and O–H groups in total. The van der Waals surface area contributed by atoms with Crippen molar-refractivity contribution < 1.29 is 13.6 Å². The summed E-state index contributed by atoms with van der Waals surface area (Å²) in [5.41, 5.74) is 19.3. The summed E-state index contributed by atoms with van der Waals surface area (Å²) in [5.74, 6) is 3.82. The van der Waals surface area contributed by atoms with E-state index in [-0.39, 0.29) is 5.95 Å². The van der Waals surface area contributed by atoms with E-state index in [0.29, 0.717) is 59.0 Å². The third-order valence-electron chi connectivity index (χ3n) is 10.3. The summed E-state index contributed by atoms with van der Waals surface area (Å²) in [7, 11) is 0. The first-order chi connectivity index (χ1) is 27.3. The molecule has 2 saturated heterocycles. The van der Waals surface area contributed by atoms with Crippen LogP contribution in [0.1, 0.15) is 32.6 Å². The Bertz CT molecular complexity index is 2630. The number of fused-ring (bicyclic) bond motifs is 2. The zero-order valence-corrected chi connectivity index (χ0v) is 30.8. The number of nitrogens with two attached hydrogens (primary N) is 2. The van der Waals surface area contributed by atoms with Gasteiger partial charge in [0.2, 0.25) is 23.5 Å². The molecule has 15 heteroatoms. The van der Waals surface area contributed by atoms with Crippen LogP contribution in [0.15, 0.2) is 106 Å². The average Bonchev–Trinajstić information content (AvgIpc) is 4.06. The van der Waals surface area contributed by atoms with Gasteiger partial charge in [-0.2, -0.15) is 9.03 Å². The van der Waals surface area contributed by atoms with Crippen molar-refractivity contribution in [3.63, 3.8) is 0 Å². The summed E-state index contributed by atoms with van der Waals surface area (Å²) in [6, 6.07) is 27.5. The monoisotopic (exact) mass is 748 g/mol. The average molecular weight is 749 g/mol. The summed E-state index contributed by atoms with van der Waals surface area (Å²) in [6.07, 6.45) is 6.83. The van der Waals surface area contributed by atoms with E-state index >= 15 is 0 Å². The second kappa shape index (κ2) is 14.7. The molecular weight excluding hydrogens is 709 g/mol. The van der Waals surface area contributed by atoms with E-state index in [0.717, 1.165) is 60.3 Å². The van der Waals surface area contributed by atoms with Crippen LogP contribution in [0.4, 0.5) is 23.3 Å². The molecule has 0 aliphatic carbocycles. The normalized spacial score (nSPS) is 15.1. The molecule has 0 bridgehead atoms. The van der Waals surface area contributed by atoms with Gasteiger partial charge in [0.25, 0.3) is 0 Å². The van der Waals surface area contributed by atoms with Crippen molar-refractivity contribution in [2.24, 2.45) is 5.92 Å². The predicted octanol–water partition coefficient (Wildman–Crippen LogP) is 6.67. The molecule has 2 fully saturated rings. The first-order valence-electron chi connectivity index (χ1n) is 18.7. The Morgan fingerprint density at radius 1 is 0.607 bits per heavy atom. The highest BCUT2D eigenvalue weighted by Gasteiger charge is 2.20. The van der Waals surface area contributed by atoms with Crippen LogP contribution in [0.2, 0.25) is 0 Å². The van der Waals surface area contributed by atoms with Gasteiger partial charge in [-0.05, 0) is 67.3 Å². The van der Waals surface area contributed by atoms with Crippen molar-refractivity contribution in [2.45, 2.75) is 32.6 Å². The van der Waals surface area contributed by atoms with Crippen molar-refractivity contribution >= 4 is 40.3 Å². The van der Waals surface area contributed by atoms with Gasteiger partial charge in [0, 0.05) is 73.7 Å². The number of ketones is 1. The number of hydrogen-bond donors (Lipinski definition) is 2. The fraction of sp³-hybridized carbons (Fsp3) is 0.244. The Hall–Kier alpha value is -7.03. The number of rotatable bonds is 6. The number of aromatic nitrogens is 8. The highest BCUT2D eigenvalue weighted by atomic mass is 16.3. The first-order valence-corrected chi connectivity index (χ1v) is 18.7. The summed E-state index contributed by atoms with van der Waals surface area (Å²) in [6.45, 7) is 6.00. The number of nitrogens with zero attached hydrogens (tertiary/aromatic N) is 10. The second-order valence-electron chi connectivity index (χ2n) is 14.2. The number of carbonyl (C=O) groups is 1. The van der Waals surface area contributed by atoms with Crippen molar-refractivity contribution in [1.29, 1.82) is 0 Å². The summed E-state index contributed by atoms with van der Waals surface area (Å²) < 4.78 is 13.8. The molecule has 282 valence electrons. The van der Waals surface area contributed by atoms with Gasteiger partial charge in [-0.15, -0.1) is 10.2 Å². The smallest absolute Gasteiger partial charge is 0.223 e. The minimum absolute atomic E-state index is 0.256. The Kier molecular flexibility index (Phi) is 9.09. The molecule has 0 saturated carbocycles. The third-order valence-corrected chi connectivity index (χ3v) is 10.3. The molecule has 6 aromatic heterocycles. The van der Waals surface area contributed by atoms with Crippen LogP contribution in [-0.2, 0) is 4.79 Å². The number of Topliss-reactive ketones (excluding diaryl/α,β-unsaturated/α-hetero) is 1. The van der Waals surface area contributed by atoms with Crippen LogP contribution >= 0.6 is 0 Å². The van der Waals surface area contributed by atoms with Crippen molar-refractivity contribution in [3.05, 3.63) is 97.5 Å². The van der Waals surface area contributed by atoms with Crippen LogP contribution < -0.4 is 21.3 Å². The molecule has 56 heavy (non-hydrogen) atoms. The number of piperidine rings is 2. The van der Waals surface area contributed by atoms with Crippen LogP contribution in [-0.4, -0.2) is 71.1 Å². The number of anilines is 4. The van der Waals surface area contributed by atoms with E-state index in [4.69, 9.17) is 20.3 Å². The highest BCUT2D eigenvalue weighted by Crippen LogP contribution is 2.30. The topological polar surface area (TPSA) is 188 Å². The van der Waals surface area contributed by atoms with E-state index in [9.17, 15) is 4.79 Å². The lowest BCUT2D eigenvalue weighted by Gasteiger charge is -2.32. The quantitative estimate of drug-likeness (QED) is 0.184. The number of carbonyl (C=O) groups excluding carboxylic acids is 1. The Balaban J connectivity index is 0.000000146. The van der Waals surface area contributed by atoms with Crippen LogP contribution in [0.3, 0.4) is 0 Å². The van der Waals surface area contributed by atoms with E-state index in [1.807, 2.05) is 36.4 Å². The number of nitrogen functional groups attached to an aromatic ring is 2. The van der Waals surface area contributed by atoms with Gasteiger partial charge < -0.3 is 30.1 Å². The Labute approximate surface area is 321 Å². The lowest BCUT2D eigenvalue weighted by Crippen LogP contribution is -2.33. The Morgan fingerprint density at radius 2 is 1.09 bits per heavy atom. The van der Waals surface area contributed by atoms with Gasteiger partial charge in [-0.1, -0.05) is 31.2 Å². The van der Waals surface area contributed by atoms with E-state index in [2.05, 4.69) is 77.2 Å². The number of furan rings is 2. The van der Waals surface area contributed by atoms with Crippen molar-refractivity contribution in [2.75, 3.05) is 47.4 Å². The largest absolute Gasteiger partial charge is 0.461 e. The maximum absolute atomic E-state index is 11.5. The lowest BCUT2D eigenvalue weighted by atomic mass is 9.98. The fourth-order valence-corrected chi connectivity index (χ4v) is 7.14. The van der Waals surface area contributed by atoms with Gasteiger partial charge >= 0.3 is 0 Å². The SMILES string of the molecule is CC1CCN(c2cccc(-c3cc4nc(-c5ccco5)nn4c(N)n3)c2)CC1.Nc1nc(-c2cccc(N3CCC(=O)CC3)c2)cc2nc(-c3ccco3)nn12. The molecular formula is C41H40N12O3. The molecule has 15 nitrogen and oxygen atoms in total. The zero-order chi connectivity index (χ0) is 38.2. The van der Waals surface area contributed by atoms with Gasteiger partial charge in [0.15, 0.2) is 22.8 Å². The van der Waals surface area contributed by atoms with Gasteiger partial charge in [0.1, 0.15) is 5.78 Å². The molecule has 8 aromatic rings. The maximum atomic E-state index is 11.5. The van der Waals surface area contributed by atoms with Crippen LogP contribution in [0.5, 0.6) is 0 Å². The molecule has 10 rings (SSSR count). The van der Waals surface area contributed by atoms with Crippen LogP contribution in [0.25, 0.3) is 57.0 Å². The predicted molar refractivity (Wildman–Crippen MR) is 214 cm³/mol. The summed E-state index contributed by atoms with van der Waals surface area (Å²) in [5, 5.41) is 8.78. The van der Waals surface area contributed by atoms with E-state index < -0.39 is 0 Å². The van der Waals surface area contributed by atoms with E-state index in [1.54, 1.807) is 30.7 Å². The molecule has 0 spiro atoms. The standard InChI is InChI=1S/C21H22N6O.C20H18N6O2/c1-14-7-9-26(10-8-14)16-5-2-4-15(12-16)17-13-19-24-20(18-6-3-11-28-18)25-27(19)21(22)23-17;21-20-22-16(12-18-23-19(24-26(18)20)17-5-2-10-28-17)13-3-1-4-14(11-13)25-8-6-15(27)7-9-25/h2-6,11-14H,7-10H2,1H3,(H2,22,23);1-5,10-12H,6-9H2,(H2,21,22). The minimum atomic E-state index is 0.256. The molecule has 2 aliphatic rings. The first kappa shape index (κ1) is 34.7. The Morgan fingerprint density at radius 3 is 1.55 bits per heavy atom. The lowest BCUT2D eigenvalue weighted by molar-refractivity contribution is -0.119. The molecule has 2 aromatic carbocycles. The number of hydrogen-bond acceptors (Lipinski definition) is 13. The minimum Gasteiger partial charge on any atom is -0.461 e. The van der Waals surface area contributed by atoms with Gasteiger partial charge in [-0.3, -0.25) is 4.79 Å². The molecule has 8 heterocycles. The number of benzene rings is 2. The third kappa shape index (κ3) is 7.01. The molecule has 0 unspecified atom stereocenters. The zero-order valence-electron chi connectivity index (χ0n) is 30.8. The maximum Gasteiger partial charge on any atom is 0.223 e. The van der Waals surface area contributed by atoms with Gasteiger partial charge in [-0.25, -0.2) is 19.9 Å². The summed E-state index contributed by atoms with van der Waals surface area (Å²) in [4.78, 5) is 34.3. The summed E-state index contributed by atoms with van der Waals surface area (Å²) >= 11 is 0. The molecule has 0 atom stereocenters. The van der Waals surface area contributed by atoms with E-state index in [1.165, 1.54) is 27.6 Å². The van der Waals surface area contributed by atoms with Gasteiger partial charge in [0.05, 0.1) is 23.9 Å². The van der Waals surface area contributed by atoms with Crippen molar-refractivity contribution in [1.82, 2.24) is 39.2 Å². The van der Waals surface area contributed by atoms with Crippen LogP contribution in [0, 0.1) is 5.92 Å². The fourth-order valence-electron chi connectivity index (χ4n) is 7.14.